The van der Waals surface area contributed by atoms with E-state index in [1.54, 1.807) is 0 Å². The Kier molecular flexibility index (Phi) is 4.20. The highest BCUT2D eigenvalue weighted by Crippen LogP contribution is 2.50. The van der Waals surface area contributed by atoms with Gasteiger partial charge in [-0.05, 0) is 48.6 Å². The monoisotopic (exact) mass is 395 g/mol. The Balaban J connectivity index is 1.43. The van der Waals surface area contributed by atoms with Gasteiger partial charge < -0.3 is 4.52 Å². The second-order valence-corrected chi connectivity index (χ2v) is 8.76. The van der Waals surface area contributed by atoms with Crippen LogP contribution in [0.1, 0.15) is 42.6 Å². The lowest BCUT2D eigenvalue weighted by Crippen LogP contribution is -2.44. The molecule has 4 aromatic rings. The topological polar surface area (TPSA) is 42.2 Å². The molecule has 150 valence electrons. The first-order valence-corrected chi connectivity index (χ1v) is 10.9. The lowest BCUT2D eigenvalue weighted by atomic mass is 9.75. The first kappa shape index (κ1) is 17.8. The second kappa shape index (κ2) is 7.06. The summed E-state index contributed by atoms with van der Waals surface area (Å²) in [5, 5.41) is 6.93. The smallest absolute Gasteiger partial charge is 0.232 e. The molecule has 2 fully saturated rings. The van der Waals surface area contributed by atoms with Gasteiger partial charge in [-0.15, -0.1) is 0 Å². The molecule has 2 bridgehead atoms. The number of rotatable bonds is 3. The molecule has 0 amide bonds. The Bertz CT molecular complexity index is 1190. The van der Waals surface area contributed by atoms with Crippen LogP contribution in [0.25, 0.3) is 22.2 Å². The van der Waals surface area contributed by atoms with E-state index in [2.05, 4.69) is 59.6 Å². The van der Waals surface area contributed by atoms with Crippen molar-refractivity contribution in [2.45, 2.75) is 43.2 Å². The van der Waals surface area contributed by atoms with E-state index in [1.807, 2.05) is 30.3 Å². The predicted molar refractivity (Wildman–Crippen MR) is 118 cm³/mol. The Labute approximate surface area is 176 Å². The van der Waals surface area contributed by atoms with Crippen LogP contribution in [0.3, 0.4) is 0 Å². The average molecular weight is 396 g/mol. The molecule has 0 saturated carbocycles. The fourth-order valence-electron chi connectivity index (χ4n) is 5.66. The Morgan fingerprint density at radius 3 is 2.57 bits per heavy atom. The molecule has 4 nitrogen and oxygen atoms in total. The summed E-state index contributed by atoms with van der Waals surface area (Å²) >= 11 is 0. The second-order valence-electron chi connectivity index (χ2n) is 8.76. The minimum absolute atomic E-state index is 0.222. The molecule has 2 aliphatic heterocycles. The molecule has 3 heterocycles. The highest BCUT2D eigenvalue weighted by atomic mass is 16.5. The van der Waals surface area contributed by atoms with Crippen molar-refractivity contribution in [3.05, 3.63) is 84.3 Å². The normalized spacial score (nSPS) is 26.3. The van der Waals surface area contributed by atoms with Crippen LogP contribution in [0.5, 0.6) is 0 Å². The van der Waals surface area contributed by atoms with Gasteiger partial charge in [-0.25, -0.2) is 0 Å². The van der Waals surface area contributed by atoms with E-state index in [-0.39, 0.29) is 5.92 Å². The summed E-state index contributed by atoms with van der Waals surface area (Å²) in [5.41, 5.74) is 2.39. The largest absolute Gasteiger partial charge is 0.339 e. The standard InChI is InChI=1S/C26H25N3O/c1-29-21-13-14-23(29)24(26-27-25(28-30-26)18-8-3-2-4-9-18)22(16-21)20-12-11-17-7-5-6-10-19(17)15-20/h2-12,15,21-24H,13-14,16H2,1H3/t21-,22+,23+,24+/m1/s1. The summed E-state index contributed by atoms with van der Waals surface area (Å²) in [6, 6.07) is 26.7. The van der Waals surface area contributed by atoms with Crippen molar-refractivity contribution >= 4 is 10.8 Å². The molecule has 1 aromatic heterocycles. The molecule has 2 aliphatic rings. The van der Waals surface area contributed by atoms with Crippen LogP contribution in [-0.4, -0.2) is 34.2 Å². The van der Waals surface area contributed by atoms with Crippen LogP contribution in [-0.2, 0) is 0 Å². The van der Waals surface area contributed by atoms with E-state index >= 15 is 0 Å². The van der Waals surface area contributed by atoms with Crippen LogP contribution in [0.15, 0.2) is 77.3 Å². The van der Waals surface area contributed by atoms with E-state index in [1.165, 1.54) is 29.2 Å². The summed E-state index contributed by atoms with van der Waals surface area (Å²) < 4.78 is 5.91. The first-order valence-electron chi connectivity index (χ1n) is 10.9. The third kappa shape index (κ3) is 2.86. The molecule has 4 heteroatoms. The summed E-state index contributed by atoms with van der Waals surface area (Å²) in [6.07, 6.45) is 3.58. The van der Waals surface area contributed by atoms with Gasteiger partial charge in [0, 0.05) is 17.6 Å². The fraction of sp³-hybridized carbons (Fsp3) is 0.308. The molecule has 4 atom stereocenters. The van der Waals surface area contributed by atoms with Crippen LogP contribution >= 0.6 is 0 Å². The quantitative estimate of drug-likeness (QED) is 0.451. The molecular formula is C26H25N3O. The third-order valence-electron chi connectivity index (χ3n) is 7.23. The number of piperidine rings is 1. The SMILES string of the molecule is CN1[C@@H]2CC[C@H]1[C@@H](c1nc(-c3ccccc3)no1)[C@H](c1ccc3ccccc3c1)C2. The van der Waals surface area contributed by atoms with E-state index in [0.29, 0.717) is 23.8 Å². The fourth-order valence-corrected chi connectivity index (χ4v) is 5.66. The summed E-state index contributed by atoms with van der Waals surface area (Å²) in [7, 11) is 2.26. The van der Waals surface area contributed by atoms with Gasteiger partial charge in [-0.3, -0.25) is 4.90 Å². The van der Waals surface area contributed by atoms with Crippen LogP contribution in [0.4, 0.5) is 0 Å². The van der Waals surface area contributed by atoms with Crippen molar-refractivity contribution in [2.24, 2.45) is 0 Å². The van der Waals surface area contributed by atoms with E-state index in [9.17, 15) is 0 Å². The number of likely N-dealkylation sites (N-methyl/N-ethyl adjacent to an activating group) is 1. The summed E-state index contributed by atoms with van der Waals surface area (Å²) in [6.45, 7) is 0. The van der Waals surface area contributed by atoms with Gasteiger partial charge in [-0.2, -0.15) is 4.98 Å². The summed E-state index contributed by atoms with van der Waals surface area (Å²) in [4.78, 5) is 7.44. The van der Waals surface area contributed by atoms with Gasteiger partial charge >= 0.3 is 0 Å². The zero-order valence-corrected chi connectivity index (χ0v) is 17.1. The van der Waals surface area contributed by atoms with Crippen molar-refractivity contribution in [2.75, 3.05) is 7.05 Å². The van der Waals surface area contributed by atoms with Crippen LogP contribution < -0.4 is 0 Å². The lowest BCUT2D eigenvalue weighted by Gasteiger charge is -2.41. The van der Waals surface area contributed by atoms with Gasteiger partial charge in [-0.1, -0.05) is 78.0 Å². The average Bonchev–Trinajstić information content (AvgIpc) is 3.36. The zero-order valence-electron chi connectivity index (χ0n) is 17.1. The molecule has 0 aliphatic carbocycles. The van der Waals surface area contributed by atoms with Crippen LogP contribution in [0.2, 0.25) is 0 Å². The maximum Gasteiger partial charge on any atom is 0.232 e. The number of fused-ring (bicyclic) bond motifs is 3. The molecule has 0 radical (unpaired) electrons. The lowest BCUT2D eigenvalue weighted by molar-refractivity contribution is 0.120. The van der Waals surface area contributed by atoms with Gasteiger partial charge in [0.25, 0.3) is 0 Å². The maximum absolute atomic E-state index is 5.91. The van der Waals surface area contributed by atoms with Crippen molar-refractivity contribution in [1.82, 2.24) is 15.0 Å². The Morgan fingerprint density at radius 2 is 1.70 bits per heavy atom. The highest BCUT2D eigenvalue weighted by molar-refractivity contribution is 5.83. The molecule has 2 saturated heterocycles. The van der Waals surface area contributed by atoms with Crippen molar-refractivity contribution < 1.29 is 4.52 Å². The van der Waals surface area contributed by atoms with Crippen molar-refractivity contribution in [3.8, 4) is 11.4 Å². The third-order valence-corrected chi connectivity index (χ3v) is 7.23. The number of hydrogen-bond acceptors (Lipinski definition) is 4. The molecule has 3 aromatic carbocycles. The van der Waals surface area contributed by atoms with Gasteiger partial charge in [0.1, 0.15) is 0 Å². The number of aromatic nitrogens is 2. The number of hydrogen-bond donors (Lipinski definition) is 0. The van der Waals surface area contributed by atoms with Crippen molar-refractivity contribution in [1.29, 1.82) is 0 Å². The van der Waals surface area contributed by atoms with Gasteiger partial charge in [0.15, 0.2) is 0 Å². The predicted octanol–water partition coefficient (Wildman–Crippen LogP) is 5.62. The van der Waals surface area contributed by atoms with Crippen molar-refractivity contribution in [3.63, 3.8) is 0 Å². The highest BCUT2D eigenvalue weighted by Gasteiger charge is 2.48. The Hall–Kier alpha value is -2.98. The Morgan fingerprint density at radius 1 is 0.900 bits per heavy atom. The molecule has 0 unspecified atom stereocenters. The van der Waals surface area contributed by atoms with E-state index in [4.69, 9.17) is 9.51 Å². The van der Waals surface area contributed by atoms with Crippen LogP contribution in [0, 0.1) is 0 Å². The molecule has 6 rings (SSSR count). The number of nitrogens with zero attached hydrogens (tertiary/aromatic N) is 3. The first-order chi connectivity index (χ1) is 14.8. The molecule has 0 spiro atoms. The van der Waals surface area contributed by atoms with E-state index in [0.717, 1.165) is 17.9 Å². The van der Waals surface area contributed by atoms with E-state index < -0.39 is 0 Å². The zero-order chi connectivity index (χ0) is 20.1. The summed E-state index contributed by atoms with van der Waals surface area (Å²) in [5.74, 6) is 2.09. The van der Waals surface area contributed by atoms with Gasteiger partial charge in [0.2, 0.25) is 11.7 Å². The maximum atomic E-state index is 5.91. The molecule has 0 N–H and O–H groups in total. The van der Waals surface area contributed by atoms with Gasteiger partial charge in [0.05, 0.1) is 5.92 Å². The number of benzene rings is 3. The molecular weight excluding hydrogens is 370 g/mol. The minimum Gasteiger partial charge on any atom is -0.339 e. The molecule has 30 heavy (non-hydrogen) atoms. The minimum atomic E-state index is 0.222.